The first kappa shape index (κ1) is 14.4. The molecule has 1 aromatic carbocycles. The van der Waals surface area contributed by atoms with Crippen LogP contribution >= 0.6 is 11.6 Å². The zero-order valence-corrected chi connectivity index (χ0v) is 8.93. The Morgan fingerprint density at radius 1 is 1.33 bits per heavy atom. The van der Waals surface area contributed by atoms with E-state index in [-0.39, 0.29) is 6.07 Å². The van der Waals surface area contributed by atoms with Crippen LogP contribution in [0.15, 0.2) is 12.1 Å². The van der Waals surface area contributed by atoms with Gasteiger partial charge in [-0.05, 0) is 0 Å². The van der Waals surface area contributed by atoms with Crippen LogP contribution < -0.4 is 4.74 Å². The minimum atomic E-state index is -5.07. The van der Waals surface area contributed by atoms with Crippen LogP contribution in [0.2, 0.25) is 5.02 Å². The fourth-order valence-electron chi connectivity index (χ4n) is 1.14. The molecule has 0 amide bonds. The van der Waals surface area contributed by atoms with E-state index in [1.165, 1.54) is 0 Å². The Bertz CT molecular complexity index is 477. The Balaban J connectivity index is 3.45. The van der Waals surface area contributed by atoms with Gasteiger partial charge in [0.2, 0.25) is 0 Å². The topological polar surface area (TPSA) is 52.4 Å². The third kappa shape index (κ3) is 3.19. The van der Waals surface area contributed by atoms with Crippen molar-refractivity contribution < 1.29 is 31.6 Å². The zero-order chi connectivity index (χ0) is 14.1. The number of nitro groups is 1. The molecule has 10 heteroatoms. The van der Waals surface area contributed by atoms with Crippen molar-refractivity contribution in [2.45, 2.75) is 12.8 Å². The number of non-ortho nitro benzene ring substituents is 1. The summed E-state index contributed by atoms with van der Waals surface area (Å²) in [7, 11) is 0. The lowest BCUT2D eigenvalue weighted by atomic mass is 10.1. The molecule has 0 fully saturated rings. The highest BCUT2D eigenvalue weighted by molar-refractivity contribution is 6.31. The van der Waals surface area contributed by atoms with E-state index in [1.54, 1.807) is 0 Å². The second kappa shape index (κ2) is 4.92. The molecule has 0 unspecified atom stereocenters. The molecule has 0 aliphatic rings. The summed E-state index contributed by atoms with van der Waals surface area (Å²) in [6.45, 7) is -3.57. The molecule has 0 aromatic heterocycles. The normalized spacial score (nSPS) is 11.7. The first-order chi connectivity index (χ1) is 8.12. The summed E-state index contributed by atoms with van der Waals surface area (Å²) in [5, 5.41) is 9.28. The molecule has 4 nitrogen and oxygen atoms in total. The highest BCUT2D eigenvalue weighted by atomic mass is 35.5. The SMILES string of the molecule is O=[N+]([O-])c1cc(Cl)c(C(F)(F)F)c(OC(F)F)c1. The summed E-state index contributed by atoms with van der Waals surface area (Å²) in [6.07, 6.45) is -5.07. The Morgan fingerprint density at radius 3 is 2.28 bits per heavy atom. The third-order valence-corrected chi connectivity index (χ3v) is 2.05. The lowest BCUT2D eigenvalue weighted by Gasteiger charge is -2.14. The summed E-state index contributed by atoms with van der Waals surface area (Å²) in [4.78, 5) is 9.30. The van der Waals surface area contributed by atoms with Crippen LogP contribution in [-0.4, -0.2) is 11.5 Å². The molecule has 18 heavy (non-hydrogen) atoms. The minimum absolute atomic E-state index is 0.237. The van der Waals surface area contributed by atoms with Crippen LogP contribution in [0.3, 0.4) is 0 Å². The van der Waals surface area contributed by atoms with Crippen LogP contribution in [0.4, 0.5) is 27.6 Å². The largest absolute Gasteiger partial charge is 0.434 e. The van der Waals surface area contributed by atoms with Crippen LogP contribution in [-0.2, 0) is 6.18 Å². The van der Waals surface area contributed by atoms with E-state index in [0.717, 1.165) is 0 Å². The molecule has 0 N–H and O–H groups in total. The van der Waals surface area contributed by atoms with E-state index in [1.807, 2.05) is 0 Å². The smallest absolute Gasteiger partial charge is 0.421 e. The summed E-state index contributed by atoms with van der Waals surface area (Å²) >= 11 is 5.20. The molecule has 0 bridgehead atoms. The summed E-state index contributed by atoms with van der Waals surface area (Å²) in [5.74, 6) is -1.39. The maximum absolute atomic E-state index is 12.5. The average molecular weight is 292 g/mol. The number of benzene rings is 1. The molecule has 0 radical (unpaired) electrons. The van der Waals surface area contributed by atoms with Crippen molar-refractivity contribution in [1.82, 2.24) is 0 Å². The average Bonchev–Trinajstić information content (AvgIpc) is 2.12. The number of rotatable bonds is 3. The number of nitro benzene ring substituents is 1. The van der Waals surface area contributed by atoms with Gasteiger partial charge >= 0.3 is 12.8 Å². The number of ether oxygens (including phenoxy) is 1. The Labute approximate surface area is 101 Å². The lowest BCUT2D eigenvalue weighted by Crippen LogP contribution is -2.12. The summed E-state index contributed by atoms with van der Waals surface area (Å²) in [6, 6.07) is 0.642. The van der Waals surface area contributed by atoms with E-state index >= 15 is 0 Å². The van der Waals surface area contributed by atoms with Crippen LogP contribution in [0.25, 0.3) is 0 Å². The lowest BCUT2D eigenvalue weighted by molar-refractivity contribution is -0.385. The maximum atomic E-state index is 12.5. The van der Waals surface area contributed by atoms with Crippen LogP contribution in [0.5, 0.6) is 5.75 Å². The second-order valence-electron chi connectivity index (χ2n) is 2.93. The van der Waals surface area contributed by atoms with Crippen molar-refractivity contribution in [2.75, 3.05) is 0 Å². The van der Waals surface area contributed by atoms with Gasteiger partial charge in [0.05, 0.1) is 16.0 Å². The predicted molar refractivity (Wildman–Crippen MR) is 49.7 cm³/mol. The Morgan fingerprint density at radius 2 is 1.89 bits per heavy atom. The third-order valence-electron chi connectivity index (χ3n) is 1.75. The molecular formula is C8H3ClF5NO3. The molecule has 0 spiro atoms. The molecule has 100 valence electrons. The van der Waals surface area contributed by atoms with Gasteiger partial charge in [0.15, 0.2) is 0 Å². The van der Waals surface area contributed by atoms with E-state index in [9.17, 15) is 32.1 Å². The number of hydrogen-bond donors (Lipinski definition) is 0. The van der Waals surface area contributed by atoms with Gasteiger partial charge in [-0.2, -0.15) is 22.0 Å². The highest BCUT2D eigenvalue weighted by Crippen LogP contribution is 2.43. The monoisotopic (exact) mass is 291 g/mol. The van der Waals surface area contributed by atoms with E-state index in [2.05, 4.69) is 4.74 Å². The van der Waals surface area contributed by atoms with Crippen molar-refractivity contribution in [2.24, 2.45) is 0 Å². The van der Waals surface area contributed by atoms with Gasteiger partial charge in [0.25, 0.3) is 5.69 Å². The summed E-state index contributed by atoms with van der Waals surface area (Å²) in [5.41, 5.74) is -2.57. The fourth-order valence-corrected chi connectivity index (χ4v) is 1.45. The van der Waals surface area contributed by atoms with Gasteiger partial charge in [0.1, 0.15) is 11.3 Å². The quantitative estimate of drug-likeness (QED) is 0.482. The van der Waals surface area contributed by atoms with Gasteiger partial charge in [-0.3, -0.25) is 10.1 Å². The first-order valence-corrected chi connectivity index (χ1v) is 4.50. The molecule has 0 atom stereocenters. The van der Waals surface area contributed by atoms with Gasteiger partial charge < -0.3 is 4.74 Å². The number of nitrogens with zero attached hydrogens (tertiary/aromatic N) is 1. The maximum Gasteiger partial charge on any atom is 0.421 e. The molecular weight excluding hydrogens is 289 g/mol. The van der Waals surface area contributed by atoms with Crippen molar-refractivity contribution in [1.29, 1.82) is 0 Å². The van der Waals surface area contributed by atoms with Gasteiger partial charge in [-0.25, -0.2) is 0 Å². The number of hydrogen-bond acceptors (Lipinski definition) is 3. The predicted octanol–water partition coefficient (Wildman–Crippen LogP) is 3.87. The number of halogens is 6. The van der Waals surface area contributed by atoms with Crippen LogP contribution in [0.1, 0.15) is 5.56 Å². The molecule has 0 aliphatic heterocycles. The van der Waals surface area contributed by atoms with Crippen molar-refractivity contribution in [3.63, 3.8) is 0 Å². The summed E-state index contributed by atoms with van der Waals surface area (Å²) < 4.78 is 65.0. The zero-order valence-electron chi connectivity index (χ0n) is 8.17. The molecule has 0 aliphatic carbocycles. The van der Waals surface area contributed by atoms with Crippen molar-refractivity contribution in [3.05, 3.63) is 32.8 Å². The molecule has 0 heterocycles. The Hall–Kier alpha value is -1.64. The molecule has 1 rings (SSSR count). The molecule has 1 aromatic rings. The van der Waals surface area contributed by atoms with E-state index in [4.69, 9.17) is 11.6 Å². The van der Waals surface area contributed by atoms with Gasteiger partial charge in [-0.15, -0.1) is 0 Å². The highest BCUT2D eigenvalue weighted by Gasteiger charge is 2.39. The van der Waals surface area contributed by atoms with Gasteiger partial charge in [-0.1, -0.05) is 11.6 Å². The van der Waals surface area contributed by atoms with E-state index in [0.29, 0.717) is 6.07 Å². The van der Waals surface area contributed by atoms with E-state index < -0.39 is 39.7 Å². The number of alkyl halides is 5. The second-order valence-corrected chi connectivity index (χ2v) is 3.34. The van der Waals surface area contributed by atoms with Crippen LogP contribution in [0, 0.1) is 10.1 Å². The standard InChI is InChI=1S/C8H3ClF5NO3/c9-4-1-3(15(16)17)2-5(18-7(10)11)6(4)8(12,13)14/h1-2,7H. The first-order valence-electron chi connectivity index (χ1n) is 4.13. The Kier molecular flexibility index (Phi) is 3.95. The molecule has 0 saturated carbocycles. The minimum Gasteiger partial charge on any atom is -0.434 e. The molecule has 0 saturated heterocycles. The van der Waals surface area contributed by atoms with Crippen molar-refractivity contribution in [3.8, 4) is 5.75 Å². The van der Waals surface area contributed by atoms with Crippen molar-refractivity contribution >= 4 is 17.3 Å². The fraction of sp³-hybridized carbons (Fsp3) is 0.250. The van der Waals surface area contributed by atoms with Gasteiger partial charge in [0, 0.05) is 6.07 Å².